The number of thiophene rings is 1. The second-order valence-corrected chi connectivity index (χ2v) is 7.33. The molecule has 0 aliphatic carbocycles. The van der Waals surface area contributed by atoms with Crippen molar-refractivity contribution in [3.63, 3.8) is 0 Å². The quantitative estimate of drug-likeness (QED) is 0.907. The van der Waals surface area contributed by atoms with Gasteiger partial charge in [-0.25, -0.2) is 13.1 Å². The highest BCUT2D eigenvalue weighted by molar-refractivity contribution is 7.89. The van der Waals surface area contributed by atoms with Crippen LogP contribution in [0.3, 0.4) is 0 Å². The molecule has 2 aromatic rings. The Kier molecular flexibility index (Phi) is 4.86. The highest BCUT2D eigenvalue weighted by atomic mass is 35.5. The van der Waals surface area contributed by atoms with Gasteiger partial charge in [0.1, 0.15) is 4.90 Å². The van der Waals surface area contributed by atoms with Gasteiger partial charge in [-0.2, -0.15) is 0 Å². The van der Waals surface area contributed by atoms with E-state index in [9.17, 15) is 8.42 Å². The molecule has 0 radical (unpaired) electrons. The maximum Gasteiger partial charge on any atom is 0.243 e. The molecule has 3 nitrogen and oxygen atoms in total. The molecule has 0 fully saturated rings. The Morgan fingerprint density at radius 1 is 1.11 bits per heavy atom. The van der Waals surface area contributed by atoms with E-state index in [1.165, 1.54) is 12.1 Å². The molecule has 0 saturated carbocycles. The summed E-state index contributed by atoms with van der Waals surface area (Å²) in [6, 6.07) is 8.50. The molecule has 1 aromatic carbocycles. The van der Waals surface area contributed by atoms with Crippen molar-refractivity contribution in [2.75, 3.05) is 6.54 Å². The topological polar surface area (TPSA) is 46.2 Å². The summed E-state index contributed by atoms with van der Waals surface area (Å²) in [7, 11) is -3.68. The number of nitrogens with one attached hydrogen (secondary N) is 1. The molecule has 0 aliphatic heterocycles. The van der Waals surface area contributed by atoms with Gasteiger partial charge in [0.2, 0.25) is 10.0 Å². The number of halogens is 2. The van der Waals surface area contributed by atoms with Crippen molar-refractivity contribution in [3.8, 4) is 0 Å². The molecular formula is C12H11Cl2NO2S2. The van der Waals surface area contributed by atoms with E-state index in [2.05, 4.69) is 4.72 Å². The summed E-state index contributed by atoms with van der Waals surface area (Å²) in [4.78, 5) is 1.05. The molecule has 2 rings (SSSR count). The van der Waals surface area contributed by atoms with Gasteiger partial charge in [0.15, 0.2) is 0 Å². The van der Waals surface area contributed by atoms with Gasteiger partial charge >= 0.3 is 0 Å². The van der Waals surface area contributed by atoms with Gasteiger partial charge in [-0.3, -0.25) is 0 Å². The van der Waals surface area contributed by atoms with Gasteiger partial charge < -0.3 is 0 Å². The van der Waals surface area contributed by atoms with E-state index in [1.54, 1.807) is 17.4 Å². The molecule has 1 N–H and O–H groups in total. The first kappa shape index (κ1) is 14.8. The molecule has 7 heteroatoms. The summed E-state index contributed by atoms with van der Waals surface area (Å²) in [6.45, 7) is 0.310. The molecule has 0 atom stereocenters. The summed E-state index contributed by atoms with van der Waals surface area (Å²) in [5.41, 5.74) is 0. The van der Waals surface area contributed by atoms with Crippen LogP contribution < -0.4 is 4.72 Å². The molecule has 0 bridgehead atoms. The van der Waals surface area contributed by atoms with E-state index in [-0.39, 0.29) is 14.9 Å². The van der Waals surface area contributed by atoms with Crippen molar-refractivity contribution in [2.24, 2.45) is 0 Å². The highest BCUT2D eigenvalue weighted by Crippen LogP contribution is 2.28. The van der Waals surface area contributed by atoms with E-state index in [4.69, 9.17) is 23.2 Å². The number of hydrogen-bond donors (Lipinski definition) is 1. The summed E-state index contributed by atoms with van der Waals surface area (Å²) in [6.07, 6.45) is 0.638. The smallest absolute Gasteiger partial charge is 0.211 e. The zero-order chi connectivity index (χ0) is 13.9. The second kappa shape index (κ2) is 6.24. The second-order valence-electron chi connectivity index (χ2n) is 3.78. The zero-order valence-electron chi connectivity index (χ0n) is 9.77. The Morgan fingerprint density at radius 2 is 1.79 bits per heavy atom. The van der Waals surface area contributed by atoms with Crippen molar-refractivity contribution in [1.29, 1.82) is 0 Å². The van der Waals surface area contributed by atoms with E-state index < -0.39 is 10.0 Å². The van der Waals surface area contributed by atoms with Crippen LogP contribution in [0, 0.1) is 0 Å². The molecule has 1 heterocycles. The molecule has 0 spiro atoms. The van der Waals surface area contributed by atoms with E-state index in [0.717, 1.165) is 4.88 Å². The van der Waals surface area contributed by atoms with Crippen LogP contribution in [0.1, 0.15) is 4.88 Å². The summed E-state index contributed by atoms with van der Waals surface area (Å²) < 4.78 is 26.8. The number of benzene rings is 1. The molecule has 102 valence electrons. The van der Waals surface area contributed by atoms with Crippen molar-refractivity contribution in [2.45, 2.75) is 11.3 Å². The molecule has 0 aliphatic rings. The maximum atomic E-state index is 12.1. The molecule has 0 saturated heterocycles. The first-order chi connectivity index (χ1) is 9.00. The fourth-order valence-electron chi connectivity index (χ4n) is 1.57. The first-order valence-electron chi connectivity index (χ1n) is 5.47. The Balaban J connectivity index is 2.10. The fourth-order valence-corrected chi connectivity index (χ4v) is 4.46. The summed E-state index contributed by atoms with van der Waals surface area (Å²) >= 11 is 13.4. The average molecular weight is 336 g/mol. The minimum atomic E-state index is -3.68. The minimum Gasteiger partial charge on any atom is -0.211 e. The van der Waals surface area contributed by atoms with Crippen LogP contribution in [0.5, 0.6) is 0 Å². The Labute approximate surface area is 126 Å². The van der Waals surface area contributed by atoms with Crippen LogP contribution in [0.4, 0.5) is 0 Å². The lowest BCUT2D eigenvalue weighted by Gasteiger charge is -2.09. The number of rotatable bonds is 5. The van der Waals surface area contributed by atoms with E-state index in [1.807, 2.05) is 17.5 Å². The monoisotopic (exact) mass is 335 g/mol. The highest BCUT2D eigenvalue weighted by Gasteiger charge is 2.20. The molecular weight excluding hydrogens is 325 g/mol. The van der Waals surface area contributed by atoms with Gasteiger partial charge in [-0.15, -0.1) is 11.3 Å². The maximum absolute atomic E-state index is 12.1. The summed E-state index contributed by atoms with van der Waals surface area (Å²) in [5.74, 6) is 0. The Hall–Kier alpha value is -0.590. The third-order valence-electron chi connectivity index (χ3n) is 2.43. The van der Waals surface area contributed by atoms with Crippen molar-refractivity contribution in [1.82, 2.24) is 4.72 Å². The predicted octanol–water partition coefficient (Wildman–Crippen LogP) is 3.58. The van der Waals surface area contributed by atoms with Gasteiger partial charge in [0.25, 0.3) is 0 Å². The van der Waals surface area contributed by atoms with Crippen LogP contribution in [0.15, 0.2) is 40.6 Å². The van der Waals surface area contributed by atoms with Crippen LogP contribution in [0.25, 0.3) is 0 Å². The van der Waals surface area contributed by atoms with Crippen LogP contribution in [-0.4, -0.2) is 15.0 Å². The predicted molar refractivity (Wildman–Crippen MR) is 79.7 cm³/mol. The van der Waals surface area contributed by atoms with Crippen molar-refractivity contribution >= 4 is 44.6 Å². The molecule has 0 unspecified atom stereocenters. The molecule has 0 amide bonds. The third kappa shape index (κ3) is 3.70. The van der Waals surface area contributed by atoms with E-state index >= 15 is 0 Å². The van der Waals surface area contributed by atoms with Crippen LogP contribution >= 0.6 is 34.5 Å². The standard InChI is InChI=1S/C12H11Cl2NO2S2/c13-10-4-1-5-11(14)12(10)19(16,17)15-7-6-9-3-2-8-18-9/h1-5,8,15H,6-7H2. The zero-order valence-corrected chi connectivity index (χ0v) is 12.9. The molecule has 1 aromatic heterocycles. The average Bonchev–Trinajstić information content (AvgIpc) is 2.81. The van der Waals surface area contributed by atoms with Gasteiger partial charge in [0, 0.05) is 11.4 Å². The van der Waals surface area contributed by atoms with Gasteiger partial charge in [-0.05, 0) is 30.0 Å². The van der Waals surface area contributed by atoms with Crippen molar-refractivity contribution < 1.29 is 8.42 Å². The lowest BCUT2D eigenvalue weighted by Crippen LogP contribution is -2.26. The third-order valence-corrected chi connectivity index (χ3v) is 5.78. The first-order valence-corrected chi connectivity index (χ1v) is 8.58. The Bertz CT molecular complexity index is 634. The van der Waals surface area contributed by atoms with E-state index in [0.29, 0.717) is 13.0 Å². The van der Waals surface area contributed by atoms with Crippen LogP contribution in [-0.2, 0) is 16.4 Å². The fraction of sp³-hybridized carbons (Fsp3) is 0.167. The Morgan fingerprint density at radius 3 is 2.37 bits per heavy atom. The lowest BCUT2D eigenvalue weighted by atomic mass is 10.3. The number of sulfonamides is 1. The SMILES string of the molecule is O=S(=O)(NCCc1cccs1)c1c(Cl)cccc1Cl. The molecule has 19 heavy (non-hydrogen) atoms. The van der Waals surface area contributed by atoms with Crippen LogP contribution in [0.2, 0.25) is 10.0 Å². The van der Waals surface area contributed by atoms with Gasteiger partial charge in [0.05, 0.1) is 10.0 Å². The van der Waals surface area contributed by atoms with Gasteiger partial charge in [-0.1, -0.05) is 35.3 Å². The van der Waals surface area contributed by atoms with Crippen molar-refractivity contribution in [3.05, 3.63) is 50.6 Å². The number of hydrogen-bond acceptors (Lipinski definition) is 3. The largest absolute Gasteiger partial charge is 0.243 e. The minimum absolute atomic E-state index is 0.0653. The summed E-state index contributed by atoms with van der Waals surface area (Å²) in [5, 5.41) is 2.20. The lowest BCUT2D eigenvalue weighted by molar-refractivity contribution is 0.582. The normalized spacial score (nSPS) is 11.7.